The Bertz CT molecular complexity index is 135. The number of methoxy groups -OCH3 is 1. The summed E-state index contributed by atoms with van der Waals surface area (Å²) in [5.41, 5.74) is 1.60. The Labute approximate surface area is 71.8 Å². The fourth-order valence-electron chi connectivity index (χ4n) is 0.721. The molecule has 0 aromatic heterocycles. The van der Waals surface area contributed by atoms with Crippen molar-refractivity contribution in [2.75, 3.05) is 13.3 Å². The average molecular weight is 197 g/mol. The molecule has 0 aliphatic carbocycles. The van der Waals surface area contributed by atoms with Gasteiger partial charge in [0.15, 0.2) is 0 Å². The van der Waals surface area contributed by atoms with Gasteiger partial charge in [-0.2, -0.15) is 13.2 Å². The van der Waals surface area contributed by atoms with E-state index in [1.807, 2.05) is 0 Å². The molecule has 0 heterocycles. The summed E-state index contributed by atoms with van der Waals surface area (Å²) in [4.78, 5) is 0. The first kappa shape index (κ1) is 11.7. The van der Waals surface area contributed by atoms with Gasteiger partial charge in [-0.1, -0.05) is 0 Å². The van der Waals surface area contributed by atoms with Crippen LogP contribution < -0.4 is 0 Å². The van der Waals surface area contributed by atoms with E-state index in [9.17, 15) is 13.2 Å². The molecule has 1 radical (unpaired) electrons. The molecule has 1 nitrogen and oxygen atoms in total. The van der Waals surface area contributed by atoms with Gasteiger partial charge in [-0.25, -0.2) is 0 Å². The molecule has 0 unspecified atom stereocenters. The highest BCUT2D eigenvalue weighted by Crippen LogP contribution is 2.22. The van der Waals surface area contributed by atoms with Crippen LogP contribution in [0, 0.1) is 0 Å². The third-order valence-corrected chi connectivity index (χ3v) is 3.48. The molecule has 0 atom stereocenters. The Morgan fingerprint density at radius 2 is 2.08 bits per heavy atom. The van der Waals surface area contributed by atoms with Crippen molar-refractivity contribution in [1.29, 1.82) is 0 Å². The summed E-state index contributed by atoms with van der Waals surface area (Å²) < 4.78 is 40.0. The van der Waals surface area contributed by atoms with Crippen LogP contribution in [0.1, 0.15) is 6.42 Å². The van der Waals surface area contributed by atoms with E-state index >= 15 is 0 Å². The summed E-state index contributed by atoms with van der Waals surface area (Å²) in [5.74, 6) is 0. The molecule has 0 fully saturated rings. The molecule has 0 saturated heterocycles. The average Bonchev–Trinajstić information content (AvgIpc) is 1.96. The lowest BCUT2D eigenvalue weighted by Crippen LogP contribution is -2.20. The molecule has 5 heteroatoms. The summed E-state index contributed by atoms with van der Waals surface area (Å²) in [5, 5.41) is 0. The summed E-state index contributed by atoms with van der Waals surface area (Å²) in [6, 6.07) is 0.158. The lowest BCUT2D eigenvalue weighted by molar-refractivity contribution is -0.130. The minimum atomic E-state index is -4.05. The van der Waals surface area contributed by atoms with Gasteiger partial charge in [-0.05, 0) is 6.04 Å². The van der Waals surface area contributed by atoms with Gasteiger partial charge in [-0.15, -0.1) is 12.3 Å². The first-order valence-corrected chi connectivity index (χ1v) is 5.51. The third-order valence-electron chi connectivity index (χ3n) is 1.35. The molecular weight excluding hydrogens is 185 g/mol. The molecule has 0 saturated carbocycles. The molecule has 71 valence electrons. The fourth-order valence-corrected chi connectivity index (χ4v) is 2.16. The highest BCUT2D eigenvalue weighted by molar-refractivity contribution is 6.64. The Morgan fingerprint density at radius 3 is 2.42 bits per heavy atom. The van der Waals surface area contributed by atoms with Crippen LogP contribution >= 0.6 is 0 Å². The largest absolute Gasteiger partial charge is 0.388 e. The molecule has 12 heavy (non-hydrogen) atoms. The monoisotopic (exact) mass is 197 g/mol. The Morgan fingerprint density at radius 1 is 1.50 bits per heavy atom. The first-order chi connectivity index (χ1) is 5.49. The summed E-state index contributed by atoms with van der Waals surface area (Å²) in [6.45, 7) is 3.48. The maximum absolute atomic E-state index is 11.7. The lowest BCUT2D eigenvalue weighted by Gasteiger charge is -2.10. The zero-order valence-electron chi connectivity index (χ0n) is 6.95. The minimum absolute atomic E-state index is 0.158. The number of ether oxygens (including phenoxy) is 1. The number of alkyl halides is 3. The smallest absolute Gasteiger partial charge is 0.388 e. The van der Waals surface area contributed by atoms with E-state index in [0.717, 1.165) is 0 Å². The minimum Gasteiger partial charge on any atom is -0.388 e. The Hall–Kier alpha value is -0.293. The SMILES string of the molecule is C=C[Si](CCC(F)(F)F)COC. The quantitative estimate of drug-likeness (QED) is 0.615. The van der Waals surface area contributed by atoms with Gasteiger partial charge in [0.25, 0.3) is 0 Å². The second-order valence-electron chi connectivity index (χ2n) is 2.41. The Balaban J connectivity index is 3.65. The standard InChI is InChI=1S/C7H12F3OSi/c1-3-12(6-11-2)5-4-7(8,9)10/h3H,1,4-6H2,2H3. The van der Waals surface area contributed by atoms with Crippen molar-refractivity contribution in [3.63, 3.8) is 0 Å². The van der Waals surface area contributed by atoms with Crippen LogP contribution in [0.25, 0.3) is 0 Å². The van der Waals surface area contributed by atoms with Crippen molar-refractivity contribution in [1.82, 2.24) is 0 Å². The van der Waals surface area contributed by atoms with Crippen molar-refractivity contribution in [2.24, 2.45) is 0 Å². The van der Waals surface area contributed by atoms with E-state index < -0.39 is 21.4 Å². The van der Waals surface area contributed by atoms with Gasteiger partial charge in [0.1, 0.15) is 8.80 Å². The van der Waals surface area contributed by atoms with Gasteiger partial charge in [0.2, 0.25) is 0 Å². The fraction of sp³-hybridized carbons (Fsp3) is 0.714. The van der Waals surface area contributed by atoms with Crippen LogP contribution in [-0.4, -0.2) is 28.3 Å². The molecular formula is C7H12F3OSi. The summed E-state index contributed by atoms with van der Waals surface area (Å²) in [6.07, 6.45) is -4.37. The third kappa shape index (κ3) is 6.42. The molecule has 0 bridgehead atoms. The second kappa shape index (κ2) is 5.37. The highest BCUT2D eigenvalue weighted by atomic mass is 28.3. The van der Waals surface area contributed by atoms with Crippen molar-refractivity contribution in [3.05, 3.63) is 12.3 Å². The van der Waals surface area contributed by atoms with Crippen molar-refractivity contribution >= 4 is 8.80 Å². The summed E-state index contributed by atoms with van der Waals surface area (Å²) in [7, 11) is 0.342. The molecule has 0 aliphatic heterocycles. The van der Waals surface area contributed by atoms with Gasteiger partial charge in [0, 0.05) is 19.8 Å². The number of halogens is 3. The van der Waals surface area contributed by atoms with Crippen LogP contribution in [-0.2, 0) is 4.74 Å². The van der Waals surface area contributed by atoms with Crippen LogP contribution in [0.2, 0.25) is 6.04 Å². The van der Waals surface area contributed by atoms with Gasteiger partial charge >= 0.3 is 6.18 Å². The number of hydrogen-bond acceptors (Lipinski definition) is 1. The van der Waals surface area contributed by atoms with Crippen molar-refractivity contribution in [2.45, 2.75) is 18.6 Å². The van der Waals surface area contributed by atoms with E-state index in [-0.39, 0.29) is 6.04 Å². The highest BCUT2D eigenvalue weighted by Gasteiger charge is 2.27. The maximum atomic E-state index is 11.7. The zero-order chi connectivity index (χ0) is 9.61. The topological polar surface area (TPSA) is 9.23 Å². The molecule has 0 spiro atoms. The van der Waals surface area contributed by atoms with Gasteiger partial charge in [0.05, 0.1) is 0 Å². The van der Waals surface area contributed by atoms with E-state index in [2.05, 4.69) is 6.58 Å². The van der Waals surface area contributed by atoms with Crippen molar-refractivity contribution < 1.29 is 17.9 Å². The van der Waals surface area contributed by atoms with E-state index in [1.54, 1.807) is 5.70 Å². The maximum Gasteiger partial charge on any atom is 0.388 e. The molecule has 0 aliphatic rings. The second-order valence-corrected chi connectivity index (χ2v) is 4.92. The van der Waals surface area contributed by atoms with E-state index in [0.29, 0.717) is 6.23 Å². The van der Waals surface area contributed by atoms with E-state index in [4.69, 9.17) is 4.74 Å². The van der Waals surface area contributed by atoms with Crippen LogP contribution in [0.15, 0.2) is 12.3 Å². The lowest BCUT2D eigenvalue weighted by atomic mass is 10.5. The molecule has 0 aromatic rings. The van der Waals surface area contributed by atoms with Crippen molar-refractivity contribution in [3.8, 4) is 0 Å². The predicted octanol–water partition coefficient (Wildman–Crippen LogP) is 2.34. The molecule has 0 rings (SSSR count). The van der Waals surface area contributed by atoms with Crippen LogP contribution in [0.5, 0.6) is 0 Å². The predicted molar refractivity (Wildman–Crippen MR) is 43.3 cm³/mol. The number of hydrogen-bond donors (Lipinski definition) is 0. The normalized spacial score (nSPS) is 12.1. The first-order valence-electron chi connectivity index (χ1n) is 3.52. The molecule has 0 aromatic carbocycles. The zero-order valence-corrected chi connectivity index (χ0v) is 7.95. The van der Waals surface area contributed by atoms with E-state index in [1.165, 1.54) is 7.11 Å². The number of rotatable bonds is 5. The molecule has 0 amide bonds. The van der Waals surface area contributed by atoms with Gasteiger partial charge < -0.3 is 4.74 Å². The van der Waals surface area contributed by atoms with Crippen LogP contribution in [0.3, 0.4) is 0 Å². The Kier molecular flexibility index (Phi) is 5.24. The molecule has 0 N–H and O–H groups in total. The van der Waals surface area contributed by atoms with Crippen LogP contribution in [0.4, 0.5) is 13.2 Å². The summed E-state index contributed by atoms with van der Waals surface area (Å²) >= 11 is 0. The van der Waals surface area contributed by atoms with Gasteiger partial charge in [-0.3, -0.25) is 0 Å².